The first kappa shape index (κ1) is 18.5. The van der Waals surface area contributed by atoms with Gasteiger partial charge in [-0.15, -0.1) is 0 Å². The van der Waals surface area contributed by atoms with Crippen LogP contribution in [0.25, 0.3) is 0 Å². The maximum atomic E-state index is 10.7. The average Bonchev–Trinajstić information content (AvgIpc) is 2.64. The SMILES string of the molecule is CC(=O)N[C@@H](CS)C(=O)O.NC(=O)NC1NC(=O)NC1=O. The summed E-state index contributed by atoms with van der Waals surface area (Å²) in [5, 5.41) is 16.6. The van der Waals surface area contributed by atoms with Gasteiger partial charge in [0.2, 0.25) is 5.91 Å². The number of carbonyl (C=O) groups is 5. The Balaban J connectivity index is 0.000000384. The molecule has 1 fully saturated rings. The fourth-order valence-electron chi connectivity index (χ4n) is 1.09. The summed E-state index contributed by atoms with van der Waals surface area (Å²) in [4.78, 5) is 51.8. The maximum Gasteiger partial charge on any atom is 0.327 e. The largest absolute Gasteiger partial charge is 0.480 e. The van der Waals surface area contributed by atoms with E-state index in [0.29, 0.717) is 0 Å². The van der Waals surface area contributed by atoms with Crippen molar-refractivity contribution in [1.29, 1.82) is 0 Å². The molecule has 1 saturated heterocycles. The van der Waals surface area contributed by atoms with Crippen molar-refractivity contribution in [2.45, 2.75) is 19.1 Å². The molecule has 1 rings (SSSR count). The number of imide groups is 1. The second-order valence-electron chi connectivity index (χ2n) is 3.68. The molecule has 6 amide bonds. The molecule has 21 heavy (non-hydrogen) atoms. The first-order valence-corrected chi connectivity index (χ1v) is 6.08. The third-order valence-corrected chi connectivity index (χ3v) is 2.28. The predicted octanol–water partition coefficient (Wildman–Crippen LogP) is -2.67. The molecule has 11 nitrogen and oxygen atoms in total. The van der Waals surface area contributed by atoms with E-state index in [1.54, 1.807) is 0 Å². The minimum Gasteiger partial charge on any atom is -0.480 e. The lowest BCUT2D eigenvalue weighted by molar-refractivity contribution is -0.140. The fourth-order valence-corrected chi connectivity index (χ4v) is 1.34. The third-order valence-electron chi connectivity index (χ3n) is 1.92. The number of amides is 6. The Morgan fingerprint density at radius 2 is 2.00 bits per heavy atom. The van der Waals surface area contributed by atoms with E-state index in [0.717, 1.165) is 0 Å². The molecule has 0 aromatic carbocycles. The van der Waals surface area contributed by atoms with Gasteiger partial charge >= 0.3 is 18.0 Å². The van der Waals surface area contributed by atoms with Crippen LogP contribution in [0.15, 0.2) is 0 Å². The van der Waals surface area contributed by atoms with Crippen LogP contribution < -0.4 is 27.0 Å². The van der Waals surface area contributed by atoms with Gasteiger partial charge in [-0.3, -0.25) is 14.9 Å². The van der Waals surface area contributed by atoms with Crippen LogP contribution in [0.1, 0.15) is 6.92 Å². The number of rotatable bonds is 4. The van der Waals surface area contributed by atoms with E-state index in [9.17, 15) is 24.0 Å². The highest BCUT2D eigenvalue weighted by molar-refractivity contribution is 7.80. The van der Waals surface area contributed by atoms with Gasteiger partial charge in [0.05, 0.1) is 0 Å². The molecule has 0 bridgehead atoms. The third kappa shape index (κ3) is 7.61. The van der Waals surface area contributed by atoms with Crippen molar-refractivity contribution >= 4 is 42.5 Å². The topological polar surface area (TPSA) is 180 Å². The second-order valence-corrected chi connectivity index (χ2v) is 4.04. The highest BCUT2D eigenvalue weighted by Crippen LogP contribution is 1.87. The highest BCUT2D eigenvalue weighted by atomic mass is 32.1. The van der Waals surface area contributed by atoms with E-state index in [-0.39, 0.29) is 11.7 Å². The normalized spacial score (nSPS) is 17.5. The zero-order valence-corrected chi connectivity index (χ0v) is 11.8. The number of carboxylic acids is 1. The first-order chi connectivity index (χ1) is 9.67. The van der Waals surface area contributed by atoms with Gasteiger partial charge in [-0.1, -0.05) is 0 Å². The summed E-state index contributed by atoms with van der Waals surface area (Å²) in [7, 11) is 0. The van der Waals surface area contributed by atoms with Crippen LogP contribution in [0.2, 0.25) is 0 Å². The van der Waals surface area contributed by atoms with Crippen LogP contribution >= 0.6 is 12.6 Å². The standard InChI is InChI=1S/C5H9NO3S.C4H6N4O3/c1-3(7)6-4(2-10)5(8)9;5-3(10)6-1-2(9)8-4(11)7-1/h4,10H,2H2,1H3,(H,6,7)(H,8,9);1H,(H3,5,6,10)(H2,7,8,9,11)/t4-;/m0./s1. The zero-order valence-electron chi connectivity index (χ0n) is 10.9. The Hall–Kier alpha value is -2.50. The number of thiol groups is 1. The maximum absolute atomic E-state index is 10.7. The summed E-state index contributed by atoms with van der Waals surface area (Å²) in [6, 6.07) is -2.39. The number of hydrogen-bond donors (Lipinski definition) is 7. The van der Waals surface area contributed by atoms with Crippen molar-refractivity contribution in [3.8, 4) is 0 Å². The number of primary amides is 1. The lowest BCUT2D eigenvalue weighted by Gasteiger charge is -2.08. The smallest absolute Gasteiger partial charge is 0.327 e. The molecule has 0 aliphatic carbocycles. The van der Waals surface area contributed by atoms with E-state index >= 15 is 0 Å². The van der Waals surface area contributed by atoms with E-state index < -0.39 is 36.1 Å². The molecular formula is C9H15N5O6S. The summed E-state index contributed by atoms with van der Waals surface area (Å²) >= 11 is 3.73. The first-order valence-electron chi connectivity index (χ1n) is 5.45. The van der Waals surface area contributed by atoms with E-state index in [2.05, 4.69) is 23.3 Å². The molecule has 1 aliphatic heterocycles. The van der Waals surface area contributed by atoms with Crippen LogP contribution in [0.3, 0.4) is 0 Å². The number of aliphatic carboxylic acids is 1. The molecule has 7 N–H and O–H groups in total. The van der Waals surface area contributed by atoms with E-state index in [4.69, 9.17) is 10.8 Å². The van der Waals surface area contributed by atoms with Crippen LogP contribution in [-0.4, -0.2) is 52.9 Å². The molecule has 0 aromatic rings. The molecule has 118 valence electrons. The summed E-state index contributed by atoms with van der Waals surface area (Å²) in [5.74, 6) is -1.94. The summed E-state index contributed by atoms with van der Waals surface area (Å²) in [5.41, 5.74) is 4.70. The monoisotopic (exact) mass is 321 g/mol. The molecule has 0 saturated carbocycles. The van der Waals surface area contributed by atoms with Gasteiger partial charge < -0.3 is 26.8 Å². The molecule has 2 atom stereocenters. The molecule has 0 radical (unpaired) electrons. The van der Waals surface area contributed by atoms with Gasteiger partial charge in [0, 0.05) is 12.7 Å². The number of carboxylic acid groups (broad SMARTS) is 1. The van der Waals surface area contributed by atoms with Gasteiger partial charge in [0.15, 0.2) is 6.17 Å². The Morgan fingerprint density at radius 3 is 2.24 bits per heavy atom. The number of hydrogen-bond acceptors (Lipinski definition) is 6. The number of nitrogens with one attached hydrogen (secondary N) is 4. The highest BCUT2D eigenvalue weighted by Gasteiger charge is 2.29. The van der Waals surface area contributed by atoms with Crippen molar-refractivity contribution < 1.29 is 29.1 Å². The van der Waals surface area contributed by atoms with Crippen LogP contribution in [-0.2, 0) is 14.4 Å². The Morgan fingerprint density at radius 1 is 1.43 bits per heavy atom. The van der Waals surface area contributed by atoms with Crippen molar-refractivity contribution in [3.63, 3.8) is 0 Å². The van der Waals surface area contributed by atoms with Gasteiger partial charge in [0.25, 0.3) is 5.91 Å². The fraction of sp³-hybridized carbons (Fsp3) is 0.444. The van der Waals surface area contributed by atoms with Crippen LogP contribution in [0.4, 0.5) is 9.59 Å². The van der Waals surface area contributed by atoms with Crippen molar-refractivity contribution in [3.05, 3.63) is 0 Å². The Bertz CT molecular complexity index is 456. The number of carbonyl (C=O) groups excluding carboxylic acids is 4. The van der Waals surface area contributed by atoms with Gasteiger partial charge in [0.1, 0.15) is 6.04 Å². The number of nitrogens with two attached hydrogens (primary N) is 1. The minimum absolute atomic E-state index is 0.106. The zero-order chi connectivity index (χ0) is 16.6. The van der Waals surface area contributed by atoms with Crippen LogP contribution in [0.5, 0.6) is 0 Å². The van der Waals surface area contributed by atoms with E-state index in [1.807, 2.05) is 10.6 Å². The molecule has 12 heteroatoms. The quantitative estimate of drug-likeness (QED) is 0.219. The molecular weight excluding hydrogens is 306 g/mol. The molecule has 0 spiro atoms. The summed E-state index contributed by atoms with van der Waals surface area (Å²) in [6.45, 7) is 1.26. The van der Waals surface area contributed by atoms with Gasteiger partial charge in [-0.05, 0) is 0 Å². The number of urea groups is 2. The Kier molecular flexibility index (Phi) is 7.60. The van der Waals surface area contributed by atoms with Crippen molar-refractivity contribution in [1.82, 2.24) is 21.3 Å². The lowest BCUT2D eigenvalue weighted by atomic mass is 10.3. The molecule has 0 aromatic heterocycles. The average molecular weight is 321 g/mol. The van der Waals surface area contributed by atoms with Crippen LogP contribution in [0, 0.1) is 0 Å². The molecule has 1 heterocycles. The predicted molar refractivity (Wildman–Crippen MR) is 72.3 cm³/mol. The molecule has 1 unspecified atom stereocenters. The minimum atomic E-state index is -1.06. The molecule has 1 aliphatic rings. The second kappa shape index (κ2) is 8.63. The van der Waals surface area contributed by atoms with Crippen molar-refractivity contribution in [2.24, 2.45) is 5.73 Å². The van der Waals surface area contributed by atoms with E-state index in [1.165, 1.54) is 6.92 Å². The van der Waals surface area contributed by atoms with Crippen molar-refractivity contribution in [2.75, 3.05) is 5.75 Å². The summed E-state index contributed by atoms with van der Waals surface area (Å²) < 4.78 is 0. The lowest BCUT2D eigenvalue weighted by Crippen LogP contribution is -2.48. The summed E-state index contributed by atoms with van der Waals surface area (Å²) in [6.07, 6.45) is -1.04. The Labute approximate surface area is 124 Å². The van der Waals surface area contributed by atoms with Gasteiger partial charge in [-0.2, -0.15) is 12.6 Å². The van der Waals surface area contributed by atoms with Gasteiger partial charge in [-0.25, -0.2) is 14.4 Å².